The summed E-state index contributed by atoms with van der Waals surface area (Å²) in [5.74, 6) is 1.84. The fourth-order valence-electron chi connectivity index (χ4n) is 4.22. The van der Waals surface area contributed by atoms with Gasteiger partial charge in [0.05, 0.1) is 5.69 Å². The molecule has 1 unspecified atom stereocenters. The molecule has 1 atom stereocenters. The molecule has 9 nitrogen and oxygen atoms in total. The summed E-state index contributed by atoms with van der Waals surface area (Å²) in [4.78, 5) is 4.23. The van der Waals surface area contributed by atoms with Gasteiger partial charge in [-0.1, -0.05) is 57.2 Å². The molecule has 1 aliphatic carbocycles. The lowest BCUT2D eigenvalue weighted by atomic mass is 9.81. The van der Waals surface area contributed by atoms with E-state index in [4.69, 9.17) is 0 Å². The zero-order valence-electron chi connectivity index (χ0n) is 18.2. The Morgan fingerprint density at radius 2 is 1.94 bits per heavy atom. The number of hydrogen-bond donors (Lipinski definition) is 2. The minimum Gasteiger partial charge on any atom is -0.312 e. The molecule has 0 amide bonds. The van der Waals surface area contributed by atoms with E-state index in [0.717, 1.165) is 18.0 Å². The maximum absolute atomic E-state index is 12.9. The van der Waals surface area contributed by atoms with Crippen LogP contribution in [0, 0.1) is 11.8 Å². The van der Waals surface area contributed by atoms with Crippen LogP contribution in [0.2, 0.25) is 0 Å². The standard InChI is InChI=1S/C22H29N7O2S/c1-17(18-7-3-2-4-8-18)13-23-14-19-9-5-6-10-21(19)26-32(30,31)20-11-12-22(24-15-20)29-16-25-27-28-29/h5-6,9-12,15-18,23,26H,2-4,7-8,13-14H2,1H3. The van der Waals surface area contributed by atoms with E-state index in [9.17, 15) is 8.42 Å². The molecule has 0 saturated heterocycles. The normalized spacial score (nSPS) is 16.0. The van der Waals surface area contributed by atoms with E-state index in [1.807, 2.05) is 18.2 Å². The SMILES string of the molecule is CC(CNCc1ccccc1NS(=O)(=O)c1ccc(-n2cnnn2)nc1)C1CCCCC1. The summed E-state index contributed by atoms with van der Waals surface area (Å²) in [6.07, 6.45) is 9.37. The van der Waals surface area contributed by atoms with Crippen LogP contribution in [0.5, 0.6) is 0 Å². The van der Waals surface area contributed by atoms with Crippen LogP contribution in [0.25, 0.3) is 5.82 Å². The molecule has 1 aromatic carbocycles. The van der Waals surface area contributed by atoms with Crippen molar-refractivity contribution < 1.29 is 8.42 Å². The average Bonchev–Trinajstić information content (AvgIpc) is 3.36. The molecule has 10 heteroatoms. The number of tetrazole rings is 1. The smallest absolute Gasteiger partial charge is 0.263 e. The van der Waals surface area contributed by atoms with Crippen molar-refractivity contribution in [2.45, 2.75) is 50.5 Å². The predicted molar refractivity (Wildman–Crippen MR) is 122 cm³/mol. The summed E-state index contributed by atoms with van der Waals surface area (Å²) < 4.78 is 29.9. The van der Waals surface area contributed by atoms with Crippen molar-refractivity contribution in [3.05, 3.63) is 54.5 Å². The van der Waals surface area contributed by atoms with E-state index in [-0.39, 0.29) is 4.90 Å². The topological polar surface area (TPSA) is 115 Å². The fraction of sp³-hybridized carbons (Fsp3) is 0.455. The first-order chi connectivity index (χ1) is 15.5. The Labute approximate surface area is 188 Å². The van der Waals surface area contributed by atoms with Gasteiger partial charge in [0.25, 0.3) is 10.0 Å². The lowest BCUT2D eigenvalue weighted by molar-refractivity contribution is 0.256. The molecule has 2 heterocycles. The van der Waals surface area contributed by atoms with Crippen LogP contribution in [-0.4, -0.2) is 40.2 Å². The molecule has 1 saturated carbocycles. The number of anilines is 1. The quantitative estimate of drug-likeness (QED) is 0.509. The third kappa shape index (κ3) is 5.49. The van der Waals surface area contributed by atoms with Crippen LogP contribution in [0.4, 0.5) is 5.69 Å². The van der Waals surface area contributed by atoms with Crippen molar-refractivity contribution in [2.24, 2.45) is 11.8 Å². The first-order valence-corrected chi connectivity index (χ1v) is 12.5. The fourth-order valence-corrected chi connectivity index (χ4v) is 5.26. The highest BCUT2D eigenvalue weighted by Crippen LogP contribution is 2.29. The van der Waals surface area contributed by atoms with Crippen LogP contribution in [0.1, 0.15) is 44.6 Å². The van der Waals surface area contributed by atoms with Gasteiger partial charge in [-0.05, 0) is 52.6 Å². The van der Waals surface area contributed by atoms with Crippen molar-refractivity contribution in [1.82, 2.24) is 30.5 Å². The second kappa shape index (κ2) is 10.2. The maximum Gasteiger partial charge on any atom is 0.263 e. The van der Waals surface area contributed by atoms with Crippen LogP contribution >= 0.6 is 0 Å². The Morgan fingerprint density at radius 1 is 1.12 bits per heavy atom. The summed E-state index contributed by atoms with van der Waals surface area (Å²) >= 11 is 0. The highest BCUT2D eigenvalue weighted by molar-refractivity contribution is 7.92. The third-order valence-electron chi connectivity index (χ3n) is 6.11. The number of nitrogens with zero attached hydrogens (tertiary/aromatic N) is 5. The molecule has 32 heavy (non-hydrogen) atoms. The number of nitrogens with one attached hydrogen (secondary N) is 2. The molecule has 2 N–H and O–H groups in total. The molecule has 4 rings (SSSR count). The summed E-state index contributed by atoms with van der Waals surface area (Å²) in [5, 5.41) is 14.4. The molecule has 0 spiro atoms. The third-order valence-corrected chi connectivity index (χ3v) is 7.46. The van der Waals surface area contributed by atoms with E-state index < -0.39 is 10.0 Å². The lowest BCUT2D eigenvalue weighted by Crippen LogP contribution is -2.27. The summed E-state index contributed by atoms with van der Waals surface area (Å²) in [7, 11) is -3.78. The van der Waals surface area contributed by atoms with Crippen LogP contribution in [0.15, 0.2) is 53.8 Å². The van der Waals surface area contributed by atoms with Gasteiger partial charge in [0.2, 0.25) is 0 Å². The van der Waals surface area contributed by atoms with Crippen LogP contribution < -0.4 is 10.0 Å². The molecule has 1 aliphatic rings. The molecule has 0 radical (unpaired) electrons. The molecular weight excluding hydrogens is 426 g/mol. The van der Waals surface area contributed by atoms with Crippen molar-refractivity contribution >= 4 is 15.7 Å². The number of hydrogen-bond acceptors (Lipinski definition) is 7. The molecule has 2 aromatic heterocycles. The predicted octanol–water partition coefficient (Wildman–Crippen LogP) is 3.16. The summed E-state index contributed by atoms with van der Waals surface area (Å²) in [5.41, 5.74) is 1.47. The Kier molecular flexibility index (Phi) is 7.11. The Hall–Kier alpha value is -2.85. The number of sulfonamides is 1. The number of pyridine rings is 1. The zero-order chi connectivity index (χ0) is 22.4. The highest BCUT2D eigenvalue weighted by atomic mass is 32.2. The van der Waals surface area contributed by atoms with E-state index in [2.05, 4.69) is 37.5 Å². The van der Waals surface area contributed by atoms with E-state index in [0.29, 0.717) is 24.0 Å². The maximum atomic E-state index is 12.9. The number of para-hydroxylation sites is 1. The second-order valence-corrected chi connectivity index (χ2v) is 10.1. The van der Waals surface area contributed by atoms with Crippen molar-refractivity contribution in [3.8, 4) is 5.82 Å². The van der Waals surface area contributed by atoms with E-state index in [1.165, 1.54) is 55.4 Å². The van der Waals surface area contributed by atoms with Crippen molar-refractivity contribution in [1.29, 1.82) is 0 Å². The monoisotopic (exact) mass is 455 g/mol. The number of benzene rings is 1. The molecule has 1 fully saturated rings. The van der Waals surface area contributed by atoms with Gasteiger partial charge in [-0.2, -0.15) is 4.68 Å². The average molecular weight is 456 g/mol. The summed E-state index contributed by atoms with van der Waals surface area (Å²) in [6, 6.07) is 10.5. The molecule has 3 aromatic rings. The molecule has 0 bridgehead atoms. The van der Waals surface area contributed by atoms with Gasteiger partial charge in [0, 0.05) is 12.7 Å². The minimum absolute atomic E-state index is 0.0722. The first-order valence-electron chi connectivity index (χ1n) is 11.0. The van der Waals surface area contributed by atoms with Gasteiger partial charge in [0.15, 0.2) is 5.82 Å². The van der Waals surface area contributed by atoms with E-state index in [1.54, 1.807) is 12.1 Å². The Bertz CT molecular complexity index is 1100. The van der Waals surface area contributed by atoms with Crippen LogP contribution in [0.3, 0.4) is 0 Å². The molecular formula is C22H29N7O2S. The number of aromatic nitrogens is 5. The van der Waals surface area contributed by atoms with Crippen LogP contribution in [-0.2, 0) is 16.6 Å². The van der Waals surface area contributed by atoms with Gasteiger partial charge in [-0.25, -0.2) is 13.4 Å². The van der Waals surface area contributed by atoms with Crippen molar-refractivity contribution in [2.75, 3.05) is 11.3 Å². The summed E-state index contributed by atoms with van der Waals surface area (Å²) in [6.45, 7) is 3.84. The molecule has 0 aliphatic heterocycles. The van der Waals surface area contributed by atoms with E-state index >= 15 is 0 Å². The van der Waals surface area contributed by atoms with Gasteiger partial charge < -0.3 is 5.32 Å². The largest absolute Gasteiger partial charge is 0.312 e. The molecule has 170 valence electrons. The number of rotatable bonds is 9. The van der Waals surface area contributed by atoms with Crippen molar-refractivity contribution in [3.63, 3.8) is 0 Å². The van der Waals surface area contributed by atoms with Gasteiger partial charge in [-0.15, -0.1) is 5.10 Å². The minimum atomic E-state index is -3.78. The Balaban J connectivity index is 1.39. The van der Waals surface area contributed by atoms with Gasteiger partial charge >= 0.3 is 0 Å². The van der Waals surface area contributed by atoms with Gasteiger partial charge in [0.1, 0.15) is 11.2 Å². The van der Waals surface area contributed by atoms with Gasteiger partial charge in [-0.3, -0.25) is 4.72 Å². The first kappa shape index (κ1) is 22.3. The zero-order valence-corrected chi connectivity index (χ0v) is 19.0. The second-order valence-electron chi connectivity index (χ2n) is 8.38. The highest BCUT2D eigenvalue weighted by Gasteiger charge is 2.20. The lowest BCUT2D eigenvalue weighted by Gasteiger charge is -2.28. The Morgan fingerprint density at radius 3 is 2.66 bits per heavy atom.